The van der Waals surface area contributed by atoms with Gasteiger partial charge in [-0.3, -0.25) is 16.0 Å². The molecular weight excluding hydrogens is 248 g/mol. The van der Waals surface area contributed by atoms with Crippen LogP contribution in [-0.4, -0.2) is 15.8 Å². The van der Waals surface area contributed by atoms with Crippen LogP contribution < -0.4 is 11.3 Å². The van der Waals surface area contributed by atoms with Gasteiger partial charge in [0, 0.05) is 24.7 Å². The standard InChI is InChI=1S/C16H30N4/c1-3-20-16(11-13(2)19-20)12-15(18-17)10-9-14-7-5-4-6-8-14/h11,14-15,18H,3-10,12,17H2,1-2H3. The number of nitrogens with zero attached hydrogens (tertiary/aromatic N) is 2. The van der Waals surface area contributed by atoms with Gasteiger partial charge in [-0.2, -0.15) is 5.10 Å². The van der Waals surface area contributed by atoms with E-state index in [2.05, 4.69) is 35.1 Å². The Morgan fingerprint density at radius 1 is 1.40 bits per heavy atom. The van der Waals surface area contributed by atoms with Crippen molar-refractivity contribution in [3.63, 3.8) is 0 Å². The fourth-order valence-corrected chi connectivity index (χ4v) is 3.45. The number of aromatic nitrogens is 2. The third kappa shape index (κ3) is 4.32. The molecule has 1 aliphatic rings. The van der Waals surface area contributed by atoms with E-state index in [0.717, 1.165) is 24.6 Å². The first-order valence-corrected chi connectivity index (χ1v) is 8.22. The Morgan fingerprint density at radius 2 is 2.15 bits per heavy atom. The summed E-state index contributed by atoms with van der Waals surface area (Å²) in [6.07, 6.45) is 10.6. The average molecular weight is 278 g/mol. The lowest BCUT2D eigenvalue weighted by atomic mass is 9.85. The van der Waals surface area contributed by atoms with E-state index in [1.165, 1.54) is 50.6 Å². The molecule has 0 radical (unpaired) electrons. The predicted molar refractivity (Wildman–Crippen MR) is 83.3 cm³/mol. The minimum absolute atomic E-state index is 0.373. The van der Waals surface area contributed by atoms with E-state index in [-0.39, 0.29) is 0 Å². The molecule has 1 heterocycles. The first-order chi connectivity index (χ1) is 9.72. The third-order valence-electron chi connectivity index (χ3n) is 4.62. The average Bonchev–Trinajstić information content (AvgIpc) is 2.84. The van der Waals surface area contributed by atoms with Crippen LogP contribution in [0.15, 0.2) is 6.07 Å². The van der Waals surface area contributed by atoms with E-state index >= 15 is 0 Å². The molecule has 0 aliphatic heterocycles. The normalized spacial score (nSPS) is 18.4. The zero-order valence-corrected chi connectivity index (χ0v) is 13.1. The second-order valence-corrected chi connectivity index (χ2v) is 6.24. The molecule has 4 nitrogen and oxygen atoms in total. The molecule has 1 aliphatic carbocycles. The summed E-state index contributed by atoms with van der Waals surface area (Å²) >= 11 is 0. The molecule has 2 rings (SSSR count). The maximum atomic E-state index is 5.75. The molecular formula is C16H30N4. The van der Waals surface area contributed by atoms with Crippen LogP contribution >= 0.6 is 0 Å². The summed E-state index contributed by atoms with van der Waals surface area (Å²) in [6, 6.07) is 2.56. The Morgan fingerprint density at radius 3 is 2.80 bits per heavy atom. The van der Waals surface area contributed by atoms with Crippen molar-refractivity contribution in [3.05, 3.63) is 17.5 Å². The van der Waals surface area contributed by atoms with Gasteiger partial charge < -0.3 is 0 Å². The summed E-state index contributed by atoms with van der Waals surface area (Å²) < 4.78 is 2.10. The molecule has 0 bridgehead atoms. The predicted octanol–water partition coefficient (Wildman–Crippen LogP) is 2.95. The van der Waals surface area contributed by atoms with Crippen LogP contribution in [0.2, 0.25) is 0 Å². The Hall–Kier alpha value is -0.870. The second-order valence-electron chi connectivity index (χ2n) is 6.24. The fourth-order valence-electron chi connectivity index (χ4n) is 3.45. The van der Waals surface area contributed by atoms with Crippen LogP contribution in [-0.2, 0) is 13.0 Å². The molecule has 114 valence electrons. The summed E-state index contributed by atoms with van der Waals surface area (Å²) in [4.78, 5) is 0. The summed E-state index contributed by atoms with van der Waals surface area (Å²) in [7, 11) is 0. The zero-order chi connectivity index (χ0) is 14.4. The van der Waals surface area contributed by atoms with Crippen molar-refractivity contribution in [1.29, 1.82) is 0 Å². The SMILES string of the molecule is CCn1nc(C)cc1CC(CCC1CCCCC1)NN. The first-order valence-electron chi connectivity index (χ1n) is 8.22. The number of hydrogen-bond acceptors (Lipinski definition) is 3. The molecule has 3 N–H and O–H groups in total. The Balaban J connectivity index is 1.84. The maximum Gasteiger partial charge on any atom is 0.0596 e. The van der Waals surface area contributed by atoms with Crippen LogP contribution in [0.1, 0.15) is 63.3 Å². The second kappa shape index (κ2) is 7.79. The number of hydrazine groups is 1. The highest BCUT2D eigenvalue weighted by Gasteiger charge is 2.17. The number of rotatable bonds is 7. The van der Waals surface area contributed by atoms with Gasteiger partial charge in [0.25, 0.3) is 0 Å². The van der Waals surface area contributed by atoms with E-state index < -0.39 is 0 Å². The van der Waals surface area contributed by atoms with Gasteiger partial charge in [-0.1, -0.05) is 32.1 Å². The summed E-state index contributed by atoms with van der Waals surface area (Å²) in [5, 5.41) is 4.51. The highest BCUT2D eigenvalue weighted by molar-refractivity contribution is 5.10. The molecule has 0 amide bonds. The summed E-state index contributed by atoms with van der Waals surface area (Å²) in [5.41, 5.74) is 5.41. The third-order valence-corrected chi connectivity index (χ3v) is 4.62. The van der Waals surface area contributed by atoms with Crippen LogP contribution in [0.4, 0.5) is 0 Å². The van der Waals surface area contributed by atoms with Crippen molar-refractivity contribution in [1.82, 2.24) is 15.2 Å². The van der Waals surface area contributed by atoms with Gasteiger partial charge in [-0.05, 0) is 38.7 Å². The van der Waals surface area contributed by atoms with Gasteiger partial charge in [0.2, 0.25) is 0 Å². The van der Waals surface area contributed by atoms with Gasteiger partial charge in [0.05, 0.1) is 5.69 Å². The maximum absolute atomic E-state index is 5.75. The molecule has 0 aromatic carbocycles. The highest BCUT2D eigenvalue weighted by atomic mass is 15.3. The first kappa shape index (κ1) is 15.5. The van der Waals surface area contributed by atoms with Gasteiger partial charge in [-0.25, -0.2) is 0 Å². The quantitative estimate of drug-likeness (QED) is 0.595. The molecule has 1 aromatic heterocycles. The van der Waals surface area contributed by atoms with Crippen molar-refractivity contribution in [2.24, 2.45) is 11.8 Å². The Kier molecular flexibility index (Phi) is 6.05. The molecule has 1 unspecified atom stereocenters. The van der Waals surface area contributed by atoms with Gasteiger partial charge in [-0.15, -0.1) is 0 Å². The molecule has 1 atom stereocenters. The molecule has 1 saturated carbocycles. The zero-order valence-electron chi connectivity index (χ0n) is 13.1. The smallest absolute Gasteiger partial charge is 0.0596 e. The van der Waals surface area contributed by atoms with Crippen LogP contribution in [0, 0.1) is 12.8 Å². The Bertz CT molecular complexity index is 393. The lowest BCUT2D eigenvalue weighted by molar-refractivity contribution is 0.311. The largest absolute Gasteiger partial charge is 0.271 e. The number of nitrogens with two attached hydrogens (primary N) is 1. The lowest BCUT2D eigenvalue weighted by Gasteiger charge is -2.24. The minimum atomic E-state index is 0.373. The van der Waals surface area contributed by atoms with Crippen molar-refractivity contribution in [2.45, 2.75) is 77.8 Å². The lowest BCUT2D eigenvalue weighted by Crippen LogP contribution is -2.37. The molecule has 20 heavy (non-hydrogen) atoms. The monoisotopic (exact) mass is 278 g/mol. The van der Waals surface area contributed by atoms with E-state index in [1.54, 1.807) is 0 Å². The van der Waals surface area contributed by atoms with Crippen LogP contribution in [0.5, 0.6) is 0 Å². The van der Waals surface area contributed by atoms with Crippen molar-refractivity contribution in [3.8, 4) is 0 Å². The van der Waals surface area contributed by atoms with Crippen molar-refractivity contribution >= 4 is 0 Å². The highest BCUT2D eigenvalue weighted by Crippen LogP contribution is 2.28. The van der Waals surface area contributed by atoms with E-state index in [0.29, 0.717) is 6.04 Å². The molecule has 0 saturated heterocycles. The number of aryl methyl sites for hydroxylation is 2. The topological polar surface area (TPSA) is 55.9 Å². The van der Waals surface area contributed by atoms with Gasteiger partial charge in [0.15, 0.2) is 0 Å². The van der Waals surface area contributed by atoms with E-state index in [9.17, 15) is 0 Å². The number of hydrogen-bond donors (Lipinski definition) is 2. The Labute approximate surface area is 123 Å². The van der Waals surface area contributed by atoms with Gasteiger partial charge >= 0.3 is 0 Å². The molecule has 1 fully saturated rings. The number of nitrogens with one attached hydrogen (secondary N) is 1. The van der Waals surface area contributed by atoms with Crippen molar-refractivity contribution < 1.29 is 0 Å². The van der Waals surface area contributed by atoms with Gasteiger partial charge in [0.1, 0.15) is 0 Å². The molecule has 0 spiro atoms. The summed E-state index contributed by atoms with van der Waals surface area (Å²) in [6.45, 7) is 5.13. The molecule has 4 heteroatoms. The van der Waals surface area contributed by atoms with E-state index in [1.807, 2.05) is 0 Å². The van der Waals surface area contributed by atoms with Crippen LogP contribution in [0.25, 0.3) is 0 Å². The van der Waals surface area contributed by atoms with E-state index in [4.69, 9.17) is 5.84 Å². The fraction of sp³-hybridized carbons (Fsp3) is 0.812. The molecule has 1 aromatic rings. The van der Waals surface area contributed by atoms with Crippen molar-refractivity contribution in [2.75, 3.05) is 0 Å². The summed E-state index contributed by atoms with van der Waals surface area (Å²) in [5.74, 6) is 6.68. The minimum Gasteiger partial charge on any atom is -0.271 e. The van der Waals surface area contributed by atoms with Crippen LogP contribution in [0.3, 0.4) is 0 Å².